The molecule has 4 nitrogen and oxygen atoms in total. The summed E-state index contributed by atoms with van der Waals surface area (Å²) in [7, 11) is 0. The highest BCUT2D eigenvalue weighted by molar-refractivity contribution is 6.11. The van der Waals surface area contributed by atoms with Gasteiger partial charge in [0, 0.05) is 19.4 Å². The lowest BCUT2D eigenvalue weighted by molar-refractivity contribution is -0.0512. The Morgan fingerprint density at radius 1 is 1.13 bits per heavy atom. The summed E-state index contributed by atoms with van der Waals surface area (Å²) in [5.41, 5.74) is 2.19. The molecule has 3 rings (SSSR count). The van der Waals surface area contributed by atoms with Crippen molar-refractivity contribution in [1.29, 1.82) is 0 Å². The summed E-state index contributed by atoms with van der Waals surface area (Å²) in [6.07, 6.45) is 1.02. The van der Waals surface area contributed by atoms with Gasteiger partial charge in [0.15, 0.2) is 5.78 Å². The molecule has 1 N–H and O–H groups in total. The largest absolute Gasteiger partial charge is 0.460 e. The third-order valence-electron chi connectivity index (χ3n) is 3.61. The quantitative estimate of drug-likeness (QED) is 0.861. The summed E-state index contributed by atoms with van der Waals surface area (Å²) in [6.45, 7) is 2.98. The molecule has 0 aromatic heterocycles. The number of carbonyl (C=O) groups is 1. The first-order valence-electron chi connectivity index (χ1n) is 7.69. The number of Topliss-reactive ketones (excluding diaryl/α,β-unsaturated/α-hetero) is 1. The number of carbonyl (C=O) groups excluding carboxylic acids is 1. The summed E-state index contributed by atoms with van der Waals surface area (Å²) < 4.78 is 11.4. The lowest BCUT2D eigenvalue weighted by atomic mass is 10.00. The number of para-hydroxylation sites is 1. The summed E-state index contributed by atoms with van der Waals surface area (Å²) >= 11 is 0. The minimum Gasteiger partial charge on any atom is -0.460 e. The third-order valence-corrected chi connectivity index (χ3v) is 3.61. The van der Waals surface area contributed by atoms with Crippen molar-refractivity contribution in [2.75, 3.05) is 6.61 Å². The van der Waals surface area contributed by atoms with E-state index in [0.29, 0.717) is 30.0 Å². The van der Waals surface area contributed by atoms with Crippen molar-refractivity contribution in [3.8, 4) is 5.75 Å². The predicted octanol–water partition coefficient (Wildman–Crippen LogP) is 3.30. The van der Waals surface area contributed by atoms with Gasteiger partial charge in [-0.25, -0.2) is 0 Å². The highest BCUT2D eigenvalue weighted by atomic mass is 16.7. The van der Waals surface area contributed by atoms with Gasteiger partial charge in [0.25, 0.3) is 0 Å². The van der Waals surface area contributed by atoms with E-state index < -0.39 is 6.29 Å². The second-order valence-electron chi connectivity index (χ2n) is 5.20. The molecule has 118 valence electrons. The Morgan fingerprint density at radius 2 is 1.87 bits per heavy atom. The van der Waals surface area contributed by atoms with Crippen molar-refractivity contribution >= 4 is 5.78 Å². The Labute approximate surface area is 135 Å². The first-order valence-corrected chi connectivity index (χ1v) is 7.69. The van der Waals surface area contributed by atoms with E-state index >= 15 is 0 Å². The molecule has 0 radical (unpaired) electrons. The number of hydrogen-bond donors (Lipinski definition) is 1. The Morgan fingerprint density at radius 3 is 2.65 bits per heavy atom. The maximum absolute atomic E-state index is 12.7. The average Bonchev–Trinajstić information content (AvgIpc) is 2.59. The lowest BCUT2D eigenvalue weighted by Crippen LogP contribution is -2.33. The molecule has 0 spiro atoms. The van der Waals surface area contributed by atoms with Crippen LogP contribution in [-0.4, -0.2) is 18.7 Å². The van der Waals surface area contributed by atoms with Crippen molar-refractivity contribution in [3.63, 3.8) is 0 Å². The zero-order chi connectivity index (χ0) is 16.1. The lowest BCUT2D eigenvalue weighted by Gasteiger charge is -2.27. The summed E-state index contributed by atoms with van der Waals surface area (Å²) in [4.78, 5) is 12.7. The maximum atomic E-state index is 12.7. The molecule has 1 aliphatic heterocycles. The van der Waals surface area contributed by atoms with Gasteiger partial charge >= 0.3 is 0 Å². The zero-order valence-corrected chi connectivity index (χ0v) is 13.0. The maximum Gasteiger partial charge on any atom is 0.232 e. The van der Waals surface area contributed by atoms with Crippen LogP contribution < -0.4 is 10.1 Å². The van der Waals surface area contributed by atoms with Gasteiger partial charge in [-0.1, -0.05) is 42.5 Å². The van der Waals surface area contributed by atoms with E-state index in [1.165, 1.54) is 0 Å². The molecule has 0 fully saturated rings. The van der Waals surface area contributed by atoms with Crippen LogP contribution in [0.5, 0.6) is 5.75 Å². The number of ketones is 1. The fraction of sp³-hybridized carbons (Fsp3) is 0.211. The van der Waals surface area contributed by atoms with Crippen molar-refractivity contribution in [1.82, 2.24) is 5.32 Å². The SMILES string of the molecule is CCOC1Oc2ccccc2C(=O)C1=CNCc1ccccc1. The molecule has 0 aliphatic carbocycles. The molecule has 23 heavy (non-hydrogen) atoms. The van der Waals surface area contributed by atoms with Crippen LogP contribution in [0.15, 0.2) is 66.4 Å². The van der Waals surface area contributed by atoms with Crippen molar-refractivity contribution in [3.05, 3.63) is 77.5 Å². The Balaban J connectivity index is 1.80. The van der Waals surface area contributed by atoms with E-state index in [4.69, 9.17) is 9.47 Å². The van der Waals surface area contributed by atoms with Crippen LogP contribution in [0.2, 0.25) is 0 Å². The van der Waals surface area contributed by atoms with Crippen molar-refractivity contribution < 1.29 is 14.3 Å². The fourth-order valence-electron chi connectivity index (χ4n) is 2.48. The first kappa shape index (κ1) is 15.3. The van der Waals surface area contributed by atoms with E-state index in [0.717, 1.165) is 5.56 Å². The van der Waals surface area contributed by atoms with Crippen LogP contribution in [0.1, 0.15) is 22.8 Å². The zero-order valence-electron chi connectivity index (χ0n) is 13.0. The normalized spacial score (nSPS) is 18.4. The number of ether oxygens (including phenoxy) is 2. The number of nitrogens with one attached hydrogen (secondary N) is 1. The van der Waals surface area contributed by atoms with E-state index in [1.807, 2.05) is 49.4 Å². The molecule has 0 bridgehead atoms. The minimum absolute atomic E-state index is 0.0640. The van der Waals surface area contributed by atoms with Crippen molar-refractivity contribution in [2.24, 2.45) is 0 Å². The summed E-state index contributed by atoms with van der Waals surface area (Å²) in [6, 6.07) is 17.2. The van der Waals surface area contributed by atoms with E-state index in [9.17, 15) is 4.79 Å². The first-order chi connectivity index (χ1) is 11.3. The van der Waals surface area contributed by atoms with Gasteiger partial charge in [0.1, 0.15) is 5.75 Å². The van der Waals surface area contributed by atoms with Crippen LogP contribution in [0.25, 0.3) is 0 Å². The Bertz CT molecular complexity index is 710. The molecule has 0 saturated heterocycles. The molecule has 2 aromatic carbocycles. The molecule has 0 saturated carbocycles. The van der Waals surface area contributed by atoms with Gasteiger partial charge < -0.3 is 14.8 Å². The van der Waals surface area contributed by atoms with Gasteiger partial charge in [-0.05, 0) is 24.6 Å². The van der Waals surface area contributed by atoms with Crippen LogP contribution >= 0.6 is 0 Å². The molecule has 1 heterocycles. The molecular weight excluding hydrogens is 290 g/mol. The highest BCUT2D eigenvalue weighted by Crippen LogP contribution is 2.30. The highest BCUT2D eigenvalue weighted by Gasteiger charge is 2.32. The number of benzene rings is 2. The molecular formula is C19H19NO3. The van der Waals surface area contributed by atoms with Crippen LogP contribution in [0.3, 0.4) is 0 Å². The van der Waals surface area contributed by atoms with E-state index in [1.54, 1.807) is 18.3 Å². The molecule has 1 aliphatic rings. The molecule has 0 amide bonds. The minimum atomic E-state index is -0.675. The topological polar surface area (TPSA) is 47.6 Å². The second-order valence-corrected chi connectivity index (χ2v) is 5.20. The molecule has 1 unspecified atom stereocenters. The van der Waals surface area contributed by atoms with Gasteiger partial charge in [-0.15, -0.1) is 0 Å². The molecule has 2 aromatic rings. The number of hydrogen-bond acceptors (Lipinski definition) is 4. The predicted molar refractivity (Wildman–Crippen MR) is 88.2 cm³/mol. The van der Waals surface area contributed by atoms with Gasteiger partial charge in [-0.3, -0.25) is 4.79 Å². The monoisotopic (exact) mass is 309 g/mol. The molecule has 4 heteroatoms. The smallest absolute Gasteiger partial charge is 0.232 e. The third kappa shape index (κ3) is 3.43. The number of rotatable bonds is 5. The van der Waals surface area contributed by atoms with Crippen LogP contribution in [0.4, 0.5) is 0 Å². The molecule has 1 atom stereocenters. The van der Waals surface area contributed by atoms with Crippen molar-refractivity contribution in [2.45, 2.75) is 19.8 Å². The fourth-order valence-corrected chi connectivity index (χ4v) is 2.48. The Hall–Kier alpha value is -2.59. The van der Waals surface area contributed by atoms with Gasteiger partial charge in [-0.2, -0.15) is 0 Å². The van der Waals surface area contributed by atoms with E-state index in [2.05, 4.69) is 5.32 Å². The Kier molecular flexibility index (Phi) is 4.74. The summed E-state index contributed by atoms with van der Waals surface area (Å²) in [5.74, 6) is 0.502. The standard InChI is InChI=1S/C19H19NO3/c1-2-22-19-16(13-20-12-14-8-4-3-5-9-14)18(21)15-10-6-7-11-17(15)23-19/h3-11,13,19-20H,2,12H2,1H3. The second kappa shape index (κ2) is 7.11. The van der Waals surface area contributed by atoms with Gasteiger partial charge in [0.2, 0.25) is 6.29 Å². The van der Waals surface area contributed by atoms with E-state index in [-0.39, 0.29) is 5.78 Å². The average molecular weight is 309 g/mol. The summed E-state index contributed by atoms with van der Waals surface area (Å²) in [5, 5.41) is 3.18. The van der Waals surface area contributed by atoms with Crippen LogP contribution in [-0.2, 0) is 11.3 Å². The number of fused-ring (bicyclic) bond motifs is 1. The van der Waals surface area contributed by atoms with Crippen LogP contribution in [0, 0.1) is 0 Å². The van der Waals surface area contributed by atoms with Gasteiger partial charge in [0.05, 0.1) is 11.1 Å².